The van der Waals surface area contributed by atoms with Gasteiger partial charge in [0, 0.05) is 36.8 Å². The van der Waals surface area contributed by atoms with Crippen molar-refractivity contribution in [3.05, 3.63) is 60.2 Å². The van der Waals surface area contributed by atoms with Gasteiger partial charge in [0.15, 0.2) is 0 Å². The Hall–Kier alpha value is -2.31. The molecule has 0 aromatic heterocycles. The number of benzene rings is 2. The smallest absolute Gasteiger partial charge is 0.253 e. The molecule has 0 radical (unpaired) electrons. The summed E-state index contributed by atoms with van der Waals surface area (Å²) in [6, 6.07) is 17.0. The Balaban J connectivity index is 1.81. The van der Waals surface area contributed by atoms with Gasteiger partial charge >= 0.3 is 0 Å². The minimum atomic E-state index is -0.193. The van der Waals surface area contributed by atoms with Crippen LogP contribution >= 0.6 is 11.8 Å². The summed E-state index contributed by atoms with van der Waals surface area (Å²) in [5.41, 5.74) is 1.01. The molecule has 0 saturated carbocycles. The number of para-hydroxylation sites is 1. The van der Waals surface area contributed by atoms with Crippen LogP contribution in [-0.4, -0.2) is 37.3 Å². The van der Waals surface area contributed by atoms with Gasteiger partial charge < -0.3 is 15.4 Å². The standard InChI is InChI=1S/C21H26N2O3S/c1-2-26-15-8-14-22-21(25)18-11-6-7-12-19(18)23-20(24)13-16-27-17-9-4-3-5-10-17/h3-7,9-12H,2,8,13-16H2,1H3,(H,22,25)(H,23,24). The van der Waals surface area contributed by atoms with Gasteiger partial charge in [0.25, 0.3) is 5.91 Å². The Morgan fingerprint density at radius 3 is 2.56 bits per heavy atom. The number of nitrogens with one attached hydrogen (secondary N) is 2. The maximum absolute atomic E-state index is 12.4. The average molecular weight is 387 g/mol. The largest absolute Gasteiger partial charge is 0.382 e. The van der Waals surface area contributed by atoms with Gasteiger partial charge in [-0.3, -0.25) is 9.59 Å². The van der Waals surface area contributed by atoms with Gasteiger partial charge in [0.2, 0.25) is 5.91 Å². The van der Waals surface area contributed by atoms with Crippen LogP contribution in [0.1, 0.15) is 30.1 Å². The number of amides is 2. The summed E-state index contributed by atoms with van der Waals surface area (Å²) in [5.74, 6) is 0.387. The van der Waals surface area contributed by atoms with Crippen LogP contribution in [0.15, 0.2) is 59.5 Å². The topological polar surface area (TPSA) is 67.4 Å². The predicted octanol–water partition coefficient (Wildman–Crippen LogP) is 3.96. The minimum Gasteiger partial charge on any atom is -0.382 e. The first kappa shape index (κ1) is 21.0. The van der Waals surface area contributed by atoms with E-state index >= 15 is 0 Å². The van der Waals surface area contributed by atoms with E-state index in [1.165, 1.54) is 0 Å². The molecule has 2 aromatic carbocycles. The molecule has 0 heterocycles. The van der Waals surface area contributed by atoms with Crippen molar-refractivity contribution in [2.75, 3.05) is 30.8 Å². The molecule has 0 spiro atoms. The Labute approximate surface area is 164 Å². The highest BCUT2D eigenvalue weighted by Crippen LogP contribution is 2.19. The Morgan fingerprint density at radius 2 is 1.78 bits per heavy atom. The van der Waals surface area contributed by atoms with Crippen molar-refractivity contribution in [3.63, 3.8) is 0 Å². The highest BCUT2D eigenvalue weighted by Gasteiger charge is 2.12. The summed E-state index contributed by atoms with van der Waals surface area (Å²) < 4.78 is 5.26. The van der Waals surface area contributed by atoms with Gasteiger partial charge in [-0.2, -0.15) is 0 Å². The van der Waals surface area contributed by atoms with Crippen LogP contribution in [0.3, 0.4) is 0 Å². The predicted molar refractivity (Wildman–Crippen MR) is 110 cm³/mol. The molecule has 0 bridgehead atoms. The van der Waals surface area contributed by atoms with E-state index in [-0.39, 0.29) is 11.8 Å². The molecular weight excluding hydrogens is 360 g/mol. The molecule has 0 fully saturated rings. The Kier molecular flexibility index (Phi) is 9.44. The van der Waals surface area contributed by atoms with Gasteiger partial charge in [0.1, 0.15) is 0 Å². The zero-order valence-corrected chi connectivity index (χ0v) is 16.4. The van der Waals surface area contributed by atoms with E-state index in [0.717, 1.165) is 11.3 Å². The summed E-state index contributed by atoms with van der Waals surface area (Å²) >= 11 is 1.64. The van der Waals surface area contributed by atoms with Crippen LogP contribution in [0, 0.1) is 0 Å². The van der Waals surface area contributed by atoms with E-state index in [0.29, 0.717) is 43.2 Å². The molecule has 2 aromatic rings. The molecule has 2 N–H and O–H groups in total. The maximum Gasteiger partial charge on any atom is 0.253 e. The molecule has 0 saturated heterocycles. The fraction of sp³-hybridized carbons (Fsp3) is 0.333. The lowest BCUT2D eigenvalue weighted by molar-refractivity contribution is -0.115. The SMILES string of the molecule is CCOCCCNC(=O)c1ccccc1NC(=O)CCSc1ccccc1. The van der Waals surface area contributed by atoms with Crippen molar-refractivity contribution in [2.24, 2.45) is 0 Å². The van der Waals surface area contributed by atoms with Crippen LogP contribution in [0.4, 0.5) is 5.69 Å². The summed E-state index contributed by atoms with van der Waals surface area (Å²) in [7, 11) is 0. The second-order valence-electron chi connectivity index (χ2n) is 5.81. The lowest BCUT2D eigenvalue weighted by atomic mass is 10.1. The van der Waals surface area contributed by atoms with E-state index < -0.39 is 0 Å². The number of hydrogen-bond donors (Lipinski definition) is 2. The molecule has 5 nitrogen and oxygen atoms in total. The zero-order chi connectivity index (χ0) is 19.3. The fourth-order valence-electron chi connectivity index (χ4n) is 2.40. The second kappa shape index (κ2) is 12.1. The number of hydrogen-bond acceptors (Lipinski definition) is 4. The van der Waals surface area contributed by atoms with Crippen LogP contribution in [0.2, 0.25) is 0 Å². The van der Waals surface area contributed by atoms with E-state index in [4.69, 9.17) is 4.74 Å². The third kappa shape index (κ3) is 7.85. The number of ether oxygens (including phenoxy) is 1. The van der Waals surface area contributed by atoms with E-state index in [1.807, 2.05) is 37.3 Å². The summed E-state index contributed by atoms with van der Waals surface area (Å²) in [6.07, 6.45) is 1.13. The first-order chi connectivity index (χ1) is 13.2. The van der Waals surface area contributed by atoms with Crippen LogP contribution < -0.4 is 10.6 Å². The second-order valence-corrected chi connectivity index (χ2v) is 6.98. The lowest BCUT2D eigenvalue weighted by Crippen LogP contribution is -2.26. The van der Waals surface area contributed by atoms with Crippen LogP contribution in [0.25, 0.3) is 0 Å². The van der Waals surface area contributed by atoms with Crippen LogP contribution in [-0.2, 0) is 9.53 Å². The molecule has 144 valence electrons. The number of rotatable bonds is 11. The van der Waals surface area contributed by atoms with Gasteiger partial charge in [-0.25, -0.2) is 0 Å². The summed E-state index contributed by atoms with van der Waals surface area (Å²) in [4.78, 5) is 25.7. The van der Waals surface area contributed by atoms with E-state index in [2.05, 4.69) is 10.6 Å². The molecule has 2 amide bonds. The normalized spacial score (nSPS) is 10.4. The molecule has 0 atom stereocenters. The Morgan fingerprint density at radius 1 is 1.04 bits per heavy atom. The molecule has 0 unspecified atom stereocenters. The summed E-state index contributed by atoms with van der Waals surface area (Å²) in [5, 5.41) is 5.71. The molecule has 0 aliphatic rings. The van der Waals surface area contributed by atoms with Gasteiger partial charge in [-0.15, -0.1) is 11.8 Å². The number of carbonyl (C=O) groups excluding carboxylic acids is 2. The number of anilines is 1. The quantitative estimate of drug-likeness (QED) is 0.453. The number of carbonyl (C=O) groups is 2. The zero-order valence-electron chi connectivity index (χ0n) is 15.6. The van der Waals surface area contributed by atoms with Gasteiger partial charge in [0.05, 0.1) is 11.3 Å². The van der Waals surface area contributed by atoms with E-state index in [1.54, 1.807) is 36.0 Å². The van der Waals surface area contributed by atoms with Crippen molar-refractivity contribution < 1.29 is 14.3 Å². The lowest BCUT2D eigenvalue weighted by Gasteiger charge is -2.11. The molecule has 27 heavy (non-hydrogen) atoms. The molecule has 0 aliphatic heterocycles. The van der Waals surface area contributed by atoms with Gasteiger partial charge in [-0.1, -0.05) is 30.3 Å². The third-order valence-electron chi connectivity index (χ3n) is 3.74. The summed E-state index contributed by atoms with van der Waals surface area (Å²) in [6.45, 7) is 3.77. The maximum atomic E-state index is 12.4. The Bertz CT molecular complexity index is 722. The molecule has 2 rings (SSSR count). The minimum absolute atomic E-state index is 0.102. The van der Waals surface area contributed by atoms with Crippen molar-refractivity contribution in [1.29, 1.82) is 0 Å². The fourth-order valence-corrected chi connectivity index (χ4v) is 3.27. The average Bonchev–Trinajstić information content (AvgIpc) is 2.69. The molecule has 6 heteroatoms. The van der Waals surface area contributed by atoms with Crippen molar-refractivity contribution in [3.8, 4) is 0 Å². The van der Waals surface area contributed by atoms with Gasteiger partial charge in [-0.05, 0) is 37.6 Å². The highest BCUT2D eigenvalue weighted by atomic mass is 32.2. The first-order valence-electron chi connectivity index (χ1n) is 9.13. The van der Waals surface area contributed by atoms with Crippen molar-refractivity contribution in [1.82, 2.24) is 5.32 Å². The first-order valence-corrected chi connectivity index (χ1v) is 10.1. The van der Waals surface area contributed by atoms with Crippen LogP contribution in [0.5, 0.6) is 0 Å². The monoisotopic (exact) mass is 386 g/mol. The van der Waals surface area contributed by atoms with E-state index in [9.17, 15) is 9.59 Å². The highest BCUT2D eigenvalue weighted by molar-refractivity contribution is 7.99. The molecule has 0 aliphatic carbocycles. The third-order valence-corrected chi connectivity index (χ3v) is 4.76. The molecular formula is C21H26N2O3S. The van der Waals surface area contributed by atoms with Crippen molar-refractivity contribution >= 4 is 29.3 Å². The number of thioether (sulfide) groups is 1. The van der Waals surface area contributed by atoms with Crippen molar-refractivity contribution in [2.45, 2.75) is 24.7 Å².